The van der Waals surface area contributed by atoms with Crippen LogP contribution in [0.25, 0.3) is 0 Å². The Balaban J connectivity index is 1.82. The van der Waals surface area contributed by atoms with Crippen molar-refractivity contribution in [2.45, 2.75) is 25.3 Å². The molecule has 0 aliphatic heterocycles. The number of nitrogens with one attached hydrogen (secondary N) is 1. The lowest BCUT2D eigenvalue weighted by molar-refractivity contribution is 0.0923. The van der Waals surface area contributed by atoms with E-state index >= 15 is 0 Å². The van der Waals surface area contributed by atoms with E-state index < -0.39 is 0 Å². The molecule has 2 aromatic rings. The SMILES string of the molecule is Cn1nccc1C(=O)N[C@@H]1CCCc2ccccc21. The van der Waals surface area contributed by atoms with Gasteiger partial charge >= 0.3 is 0 Å². The zero-order chi connectivity index (χ0) is 13.2. The van der Waals surface area contributed by atoms with Gasteiger partial charge in [-0.05, 0) is 36.5 Å². The van der Waals surface area contributed by atoms with Gasteiger partial charge in [-0.3, -0.25) is 9.48 Å². The van der Waals surface area contributed by atoms with Gasteiger partial charge in [0, 0.05) is 13.2 Å². The molecular formula is C15H17N3O. The Bertz CT molecular complexity index is 603. The molecule has 3 rings (SSSR count). The van der Waals surface area contributed by atoms with E-state index in [0.29, 0.717) is 5.69 Å². The zero-order valence-corrected chi connectivity index (χ0v) is 11.0. The number of hydrogen-bond acceptors (Lipinski definition) is 2. The van der Waals surface area contributed by atoms with Crippen LogP contribution in [0.15, 0.2) is 36.5 Å². The minimum Gasteiger partial charge on any atom is -0.344 e. The highest BCUT2D eigenvalue weighted by Crippen LogP contribution is 2.29. The molecule has 0 bridgehead atoms. The first-order chi connectivity index (χ1) is 9.25. The fraction of sp³-hybridized carbons (Fsp3) is 0.333. The number of nitrogens with zero attached hydrogens (tertiary/aromatic N) is 2. The Morgan fingerprint density at radius 3 is 3.00 bits per heavy atom. The van der Waals surface area contributed by atoms with E-state index in [1.54, 1.807) is 24.0 Å². The van der Waals surface area contributed by atoms with Crippen molar-refractivity contribution in [2.75, 3.05) is 0 Å². The second-order valence-corrected chi connectivity index (χ2v) is 4.96. The van der Waals surface area contributed by atoms with E-state index in [4.69, 9.17) is 0 Å². The highest BCUT2D eigenvalue weighted by molar-refractivity contribution is 5.92. The van der Waals surface area contributed by atoms with Gasteiger partial charge in [0.15, 0.2) is 0 Å². The van der Waals surface area contributed by atoms with Crippen LogP contribution in [0.4, 0.5) is 0 Å². The van der Waals surface area contributed by atoms with E-state index in [1.807, 2.05) is 6.07 Å². The van der Waals surface area contributed by atoms with Crippen LogP contribution in [0.1, 0.15) is 40.5 Å². The van der Waals surface area contributed by atoms with Gasteiger partial charge in [0.1, 0.15) is 5.69 Å². The van der Waals surface area contributed by atoms with Crippen molar-refractivity contribution in [3.63, 3.8) is 0 Å². The van der Waals surface area contributed by atoms with Gasteiger partial charge in [-0.2, -0.15) is 5.10 Å². The summed E-state index contributed by atoms with van der Waals surface area (Å²) in [5, 5.41) is 7.15. The molecule has 1 aromatic carbocycles. The Morgan fingerprint density at radius 2 is 2.21 bits per heavy atom. The van der Waals surface area contributed by atoms with Crippen molar-refractivity contribution in [1.82, 2.24) is 15.1 Å². The zero-order valence-electron chi connectivity index (χ0n) is 11.0. The van der Waals surface area contributed by atoms with Gasteiger partial charge in [-0.25, -0.2) is 0 Å². The maximum Gasteiger partial charge on any atom is 0.270 e. The van der Waals surface area contributed by atoms with Crippen LogP contribution in [-0.4, -0.2) is 15.7 Å². The molecule has 1 aliphatic rings. The predicted molar refractivity (Wildman–Crippen MR) is 72.8 cm³/mol. The lowest BCUT2D eigenvalue weighted by Gasteiger charge is -2.26. The molecule has 0 saturated carbocycles. The number of carbonyl (C=O) groups is 1. The molecule has 1 atom stereocenters. The highest BCUT2D eigenvalue weighted by Gasteiger charge is 2.22. The third kappa shape index (κ3) is 2.26. The summed E-state index contributed by atoms with van der Waals surface area (Å²) in [5.41, 5.74) is 3.20. The molecule has 0 unspecified atom stereocenters. The third-order valence-electron chi connectivity index (χ3n) is 3.73. The fourth-order valence-electron chi connectivity index (χ4n) is 2.73. The molecule has 4 nitrogen and oxygen atoms in total. The Kier molecular flexibility index (Phi) is 3.07. The number of rotatable bonds is 2. The van der Waals surface area contributed by atoms with Crippen molar-refractivity contribution < 1.29 is 4.79 Å². The summed E-state index contributed by atoms with van der Waals surface area (Å²) in [6.45, 7) is 0. The van der Waals surface area contributed by atoms with Gasteiger partial charge in [0.2, 0.25) is 0 Å². The molecule has 0 radical (unpaired) electrons. The van der Waals surface area contributed by atoms with Crippen LogP contribution in [0.5, 0.6) is 0 Å². The van der Waals surface area contributed by atoms with E-state index in [1.165, 1.54) is 11.1 Å². The Morgan fingerprint density at radius 1 is 1.37 bits per heavy atom. The summed E-state index contributed by atoms with van der Waals surface area (Å²) in [6, 6.07) is 10.2. The summed E-state index contributed by atoms with van der Waals surface area (Å²) >= 11 is 0. The molecule has 0 fully saturated rings. The first-order valence-corrected chi connectivity index (χ1v) is 6.62. The largest absolute Gasteiger partial charge is 0.344 e. The fourth-order valence-corrected chi connectivity index (χ4v) is 2.73. The summed E-state index contributed by atoms with van der Waals surface area (Å²) < 4.78 is 1.60. The molecule has 1 heterocycles. The molecule has 1 amide bonds. The molecule has 1 aromatic heterocycles. The van der Waals surface area contributed by atoms with Crippen molar-refractivity contribution in [2.24, 2.45) is 7.05 Å². The summed E-state index contributed by atoms with van der Waals surface area (Å²) in [5.74, 6) is -0.0540. The Labute approximate surface area is 112 Å². The van der Waals surface area contributed by atoms with E-state index in [2.05, 4.69) is 28.6 Å². The number of fused-ring (bicyclic) bond motifs is 1. The van der Waals surface area contributed by atoms with Gasteiger partial charge < -0.3 is 5.32 Å². The number of benzene rings is 1. The van der Waals surface area contributed by atoms with E-state index in [9.17, 15) is 4.79 Å². The maximum atomic E-state index is 12.2. The first kappa shape index (κ1) is 12.0. The standard InChI is InChI=1S/C15H17N3O/c1-18-14(9-10-16-18)15(19)17-13-8-4-6-11-5-2-3-7-12(11)13/h2-3,5,7,9-10,13H,4,6,8H2,1H3,(H,17,19)/t13-/m1/s1. The lowest BCUT2D eigenvalue weighted by atomic mass is 9.88. The molecule has 0 saturated heterocycles. The van der Waals surface area contributed by atoms with Crippen molar-refractivity contribution in [3.05, 3.63) is 53.3 Å². The summed E-state index contributed by atoms with van der Waals surface area (Å²) in [6.07, 6.45) is 4.87. The molecule has 1 N–H and O–H groups in total. The predicted octanol–water partition coefficient (Wildman–Crippen LogP) is 2.23. The molecule has 0 spiro atoms. The number of hydrogen-bond donors (Lipinski definition) is 1. The number of amides is 1. The van der Waals surface area contributed by atoms with Crippen molar-refractivity contribution >= 4 is 5.91 Å². The smallest absolute Gasteiger partial charge is 0.270 e. The van der Waals surface area contributed by atoms with Gasteiger partial charge in [-0.15, -0.1) is 0 Å². The average Bonchev–Trinajstić information content (AvgIpc) is 2.85. The minimum absolute atomic E-state index is 0.0540. The minimum atomic E-state index is -0.0540. The normalized spacial score (nSPS) is 17.8. The number of carbonyl (C=O) groups excluding carboxylic acids is 1. The van der Waals surface area contributed by atoms with Crippen LogP contribution >= 0.6 is 0 Å². The first-order valence-electron chi connectivity index (χ1n) is 6.62. The highest BCUT2D eigenvalue weighted by atomic mass is 16.2. The second kappa shape index (κ2) is 4.88. The third-order valence-corrected chi connectivity index (χ3v) is 3.73. The maximum absolute atomic E-state index is 12.2. The Hall–Kier alpha value is -2.10. The molecule has 4 heteroatoms. The quantitative estimate of drug-likeness (QED) is 0.894. The summed E-state index contributed by atoms with van der Waals surface area (Å²) in [4.78, 5) is 12.2. The monoisotopic (exact) mass is 255 g/mol. The van der Waals surface area contributed by atoms with Gasteiger partial charge in [0.25, 0.3) is 5.91 Å². The van der Waals surface area contributed by atoms with Crippen LogP contribution in [0.3, 0.4) is 0 Å². The molecular weight excluding hydrogens is 238 g/mol. The molecule has 19 heavy (non-hydrogen) atoms. The topological polar surface area (TPSA) is 46.9 Å². The van der Waals surface area contributed by atoms with Gasteiger partial charge in [0.05, 0.1) is 6.04 Å². The van der Waals surface area contributed by atoms with E-state index in [-0.39, 0.29) is 11.9 Å². The van der Waals surface area contributed by atoms with Crippen LogP contribution in [0, 0.1) is 0 Å². The number of aryl methyl sites for hydroxylation is 2. The van der Waals surface area contributed by atoms with Crippen molar-refractivity contribution in [1.29, 1.82) is 0 Å². The van der Waals surface area contributed by atoms with Crippen LogP contribution in [0.2, 0.25) is 0 Å². The van der Waals surface area contributed by atoms with Gasteiger partial charge in [-0.1, -0.05) is 24.3 Å². The van der Waals surface area contributed by atoms with Crippen LogP contribution in [-0.2, 0) is 13.5 Å². The average molecular weight is 255 g/mol. The van der Waals surface area contributed by atoms with Crippen LogP contribution < -0.4 is 5.32 Å². The summed E-state index contributed by atoms with van der Waals surface area (Å²) in [7, 11) is 1.78. The molecule has 98 valence electrons. The number of aromatic nitrogens is 2. The van der Waals surface area contributed by atoms with Crippen molar-refractivity contribution in [3.8, 4) is 0 Å². The second-order valence-electron chi connectivity index (χ2n) is 4.96. The lowest BCUT2D eigenvalue weighted by Crippen LogP contribution is -2.32. The van der Waals surface area contributed by atoms with E-state index in [0.717, 1.165) is 19.3 Å². The molecule has 1 aliphatic carbocycles.